The van der Waals surface area contributed by atoms with E-state index < -0.39 is 0 Å². The molecule has 0 saturated carbocycles. The van der Waals surface area contributed by atoms with Crippen LogP contribution in [0.3, 0.4) is 0 Å². The fourth-order valence-electron chi connectivity index (χ4n) is 0. The minimum atomic E-state index is 0. The zero-order chi connectivity index (χ0) is 0. The number of hydrogen-bond acceptors (Lipinski definition) is 0. The van der Waals surface area contributed by atoms with E-state index >= 15 is 0 Å². The molecule has 0 N–H and O–H groups in total. The maximum absolute atomic E-state index is 0. The maximum Gasteiger partial charge on any atom is 0.187 e. The Kier molecular flexibility index (Phi) is 181. The van der Waals surface area contributed by atoms with Crippen molar-refractivity contribution in [2.24, 2.45) is 0 Å². The largest absolute Gasteiger partial charge is 0.187 e. The molecule has 0 bridgehead atoms. The third kappa shape index (κ3) is 8.96. The van der Waals surface area contributed by atoms with Crippen molar-refractivity contribution in [3.05, 3.63) is 0 Å². The van der Waals surface area contributed by atoms with Crippen molar-refractivity contribution in [1.29, 1.82) is 0 Å². The van der Waals surface area contributed by atoms with Crippen molar-refractivity contribution in [2.45, 2.75) is 0 Å². The van der Waals surface area contributed by atoms with Crippen molar-refractivity contribution >= 4 is 17.4 Å². The molecular weight excluding hydrogens is 204 g/mol. The molecule has 4 heteroatoms. The van der Waals surface area contributed by atoms with Crippen LogP contribution in [0.4, 0.5) is 0 Å². The molecule has 0 nitrogen and oxygen atoms in total. The Morgan fingerprint density at radius 1 is 0.500 bits per heavy atom. The van der Waals surface area contributed by atoms with E-state index in [0.717, 1.165) is 0 Å². The Hall–Kier alpha value is 2.05. The predicted molar refractivity (Wildman–Crippen MR) is 9.94 cm³/mol. The molecule has 0 fully saturated rings. The molecule has 0 aliphatic carbocycles. The molecule has 0 aromatic heterocycles. The normalized spacial score (nSPS) is 0. The van der Waals surface area contributed by atoms with Gasteiger partial charge in [-0.3, -0.25) is 0 Å². The van der Waals surface area contributed by atoms with Gasteiger partial charge in [0.05, 0.1) is 0 Å². The van der Waals surface area contributed by atoms with E-state index in [-0.39, 0.29) is 67.7 Å². The zero-order valence-electron chi connectivity index (χ0n) is 1.00. The van der Waals surface area contributed by atoms with E-state index in [4.69, 9.17) is 0 Å². The second-order valence-corrected chi connectivity index (χ2v) is 0. The molecule has 0 aromatic carbocycles. The number of rotatable bonds is 0. The summed E-state index contributed by atoms with van der Waals surface area (Å²) in [6, 6.07) is 0. The van der Waals surface area contributed by atoms with E-state index in [1.807, 2.05) is 0 Å². The second-order valence-electron chi connectivity index (χ2n) is 0. The van der Waals surface area contributed by atoms with E-state index in [1.165, 1.54) is 0 Å². The van der Waals surface area contributed by atoms with Crippen molar-refractivity contribution in [3.63, 3.8) is 0 Å². The van der Waals surface area contributed by atoms with Gasteiger partial charge in [0, 0.05) is 50.3 Å². The van der Waals surface area contributed by atoms with Crippen molar-refractivity contribution < 1.29 is 50.3 Å². The first-order valence-corrected chi connectivity index (χ1v) is 0. The van der Waals surface area contributed by atoms with Crippen LogP contribution < -0.4 is 0 Å². The van der Waals surface area contributed by atoms with Gasteiger partial charge >= 0.3 is 0 Å². The molecule has 0 aliphatic heterocycles. The summed E-state index contributed by atoms with van der Waals surface area (Å²) in [7, 11) is 0. The molecule has 0 spiro atoms. The SMILES string of the molecule is [AlH3].[Co].[Co].[Co]. The van der Waals surface area contributed by atoms with Crippen LogP contribution in [0.2, 0.25) is 0 Å². The molecule has 0 aromatic rings. The minimum absolute atomic E-state index is 0. The smallest absolute Gasteiger partial charge is 0 e. The first-order chi connectivity index (χ1) is 0. The van der Waals surface area contributed by atoms with Crippen LogP contribution in [0, 0.1) is 0 Å². The van der Waals surface area contributed by atoms with Gasteiger partial charge in [0.25, 0.3) is 0 Å². The number of hydrogen-bond donors (Lipinski definition) is 0. The van der Waals surface area contributed by atoms with Gasteiger partial charge in [-0.05, 0) is 0 Å². The van der Waals surface area contributed by atoms with Crippen LogP contribution in [0.5, 0.6) is 0 Å². The van der Waals surface area contributed by atoms with E-state index in [1.54, 1.807) is 0 Å². The van der Waals surface area contributed by atoms with Gasteiger partial charge < -0.3 is 0 Å². The first kappa shape index (κ1) is 36.7. The molecule has 33 valence electrons. The summed E-state index contributed by atoms with van der Waals surface area (Å²) in [6.45, 7) is 0. The van der Waals surface area contributed by atoms with Gasteiger partial charge in [0.1, 0.15) is 0 Å². The Balaban J connectivity index is 0. The quantitative estimate of drug-likeness (QED) is 0.438. The zero-order valence-corrected chi connectivity index (χ0v) is 4.12. The van der Waals surface area contributed by atoms with Crippen LogP contribution in [0.15, 0.2) is 0 Å². The Labute approximate surface area is 67.2 Å². The summed E-state index contributed by atoms with van der Waals surface area (Å²) in [5.41, 5.74) is 0. The minimum Gasteiger partial charge on any atom is 0 e. The topological polar surface area (TPSA) is 0 Å². The van der Waals surface area contributed by atoms with Gasteiger partial charge in [0.15, 0.2) is 17.4 Å². The van der Waals surface area contributed by atoms with Crippen LogP contribution >= 0.6 is 0 Å². The molecular formula is H3AlCo3. The molecule has 0 rings (SSSR count). The van der Waals surface area contributed by atoms with Crippen molar-refractivity contribution in [1.82, 2.24) is 0 Å². The molecule has 0 heterocycles. The van der Waals surface area contributed by atoms with Crippen molar-refractivity contribution in [2.75, 3.05) is 0 Å². The molecule has 0 atom stereocenters. The molecule has 0 saturated heterocycles. The Bertz CT molecular complexity index is 3.25. The molecule has 3 radical (unpaired) electrons. The Morgan fingerprint density at radius 2 is 0.500 bits per heavy atom. The van der Waals surface area contributed by atoms with Crippen LogP contribution in [-0.4, -0.2) is 17.4 Å². The van der Waals surface area contributed by atoms with Gasteiger partial charge in [-0.2, -0.15) is 0 Å². The van der Waals surface area contributed by atoms with Gasteiger partial charge in [-0.25, -0.2) is 0 Å². The van der Waals surface area contributed by atoms with E-state index in [2.05, 4.69) is 0 Å². The fraction of sp³-hybridized carbons (Fsp3) is 0. The fourth-order valence-corrected chi connectivity index (χ4v) is 0. The maximum atomic E-state index is 0. The molecule has 4 heavy (non-hydrogen) atoms. The molecule has 0 amide bonds. The summed E-state index contributed by atoms with van der Waals surface area (Å²) < 4.78 is 0. The third-order valence-corrected chi connectivity index (χ3v) is 0. The monoisotopic (exact) mass is 207 g/mol. The van der Waals surface area contributed by atoms with Crippen LogP contribution in [0.1, 0.15) is 0 Å². The third-order valence-electron chi connectivity index (χ3n) is 0. The predicted octanol–water partition coefficient (Wildman–Crippen LogP) is -1.19. The van der Waals surface area contributed by atoms with Gasteiger partial charge in [-0.15, -0.1) is 0 Å². The van der Waals surface area contributed by atoms with Gasteiger partial charge in [-0.1, -0.05) is 0 Å². The summed E-state index contributed by atoms with van der Waals surface area (Å²) >= 11 is 0. The summed E-state index contributed by atoms with van der Waals surface area (Å²) in [6.07, 6.45) is 0. The Morgan fingerprint density at radius 3 is 0.500 bits per heavy atom. The average molecular weight is 207 g/mol. The van der Waals surface area contributed by atoms with E-state index in [0.29, 0.717) is 0 Å². The summed E-state index contributed by atoms with van der Waals surface area (Å²) in [5, 5.41) is 0. The standard InChI is InChI=1S/Al.3Co.3H. The summed E-state index contributed by atoms with van der Waals surface area (Å²) in [4.78, 5) is 0. The average Bonchev–Trinajstić information content (AvgIpc) is 0. The van der Waals surface area contributed by atoms with Gasteiger partial charge in [0.2, 0.25) is 0 Å². The van der Waals surface area contributed by atoms with Crippen LogP contribution in [0.25, 0.3) is 0 Å². The molecule has 0 unspecified atom stereocenters. The molecule has 0 aliphatic rings. The first-order valence-electron chi connectivity index (χ1n) is 0. The summed E-state index contributed by atoms with van der Waals surface area (Å²) in [5.74, 6) is 0. The second kappa shape index (κ2) is 19.7. The van der Waals surface area contributed by atoms with Crippen LogP contribution in [-0.2, 0) is 50.3 Å². The van der Waals surface area contributed by atoms with E-state index in [9.17, 15) is 0 Å². The van der Waals surface area contributed by atoms with Crippen molar-refractivity contribution in [3.8, 4) is 0 Å².